The lowest BCUT2D eigenvalue weighted by atomic mass is 10.0. The minimum absolute atomic E-state index is 0.0750. The number of ether oxygens (including phenoxy) is 2. The zero-order chi connectivity index (χ0) is 15.5. The summed E-state index contributed by atoms with van der Waals surface area (Å²) in [5.74, 6) is -1.30. The van der Waals surface area contributed by atoms with E-state index in [9.17, 15) is 18.0 Å². The van der Waals surface area contributed by atoms with Crippen molar-refractivity contribution in [2.24, 2.45) is 0 Å². The van der Waals surface area contributed by atoms with Gasteiger partial charge in [0.25, 0.3) is 0 Å². The lowest BCUT2D eigenvalue weighted by Crippen LogP contribution is -2.17. The van der Waals surface area contributed by atoms with Gasteiger partial charge in [-0.3, -0.25) is 0 Å². The molecule has 2 aromatic rings. The maximum absolute atomic E-state index is 12.2. The van der Waals surface area contributed by atoms with Crippen molar-refractivity contribution in [3.05, 3.63) is 42.5 Å². The van der Waals surface area contributed by atoms with Crippen LogP contribution < -0.4 is 4.74 Å². The van der Waals surface area contributed by atoms with Gasteiger partial charge < -0.3 is 9.47 Å². The van der Waals surface area contributed by atoms with E-state index in [2.05, 4.69) is 19.4 Å². The minimum Gasteiger partial charge on any atom is -0.465 e. The summed E-state index contributed by atoms with van der Waals surface area (Å²) in [6.07, 6.45) is -0.689. The number of alkyl halides is 3. The molecule has 21 heavy (non-hydrogen) atoms. The summed E-state index contributed by atoms with van der Waals surface area (Å²) in [6.45, 7) is 0. The molecule has 0 N–H and O–H groups in total. The van der Waals surface area contributed by atoms with E-state index in [4.69, 9.17) is 0 Å². The topological polar surface area (TPSA) is 61.3 Å². The highest BCUT2D eigenvalue weighted by atomic mass is 19.4. The van der Waals surface area contributed by atoms with Crippen LogP contribution in [0.5, 0.6) is 5.75 Å². The van der Waals surface area contributed by atoms with Gasteiger partial charge in [0.1, 0.15) is 12.1 Å². The van der Waals surface area contributed by atoms with E-state index in [1.165, 1.54) is 24.8 Å². The number of rotatable bonds is 3. The molecule has 5 nitrogen and oxygen atoms in total. The monoisotopic (exact) mass is 298 g/mol. The molecule has 0 radical (unpaired) electrons. The van der Waals surface area contributed by atoms with E-state index in [-0.39, 0.29) is 5.56 Å². The van der Waals surface area contributed by atoms with Crippen LogP contribution in [0.3, 0.4) is 0 Å². The van der Waals surface area contributed by atoms with Gasteiger partial charge in [0, 0.05) is 18.0 Å². The number of aromatic nitrogens is 2. The molecule has 0 amide bonds. The molecule has 0 bridgehead atoms. The summed E-state index contributed by atoms with van der Waals surface area (Å²) in [6, 6.07) is 3.37. The van der Waals surface area contributed by atoms with Gasteiger partial charge in [0.15, 0.2) is 0 Å². The van der Waals surface area contributed by atoms with E-state index in [1.807, 2.05) is 0 Å². The molecule has 110 valence electrons. The largest absolute Gasteiger partial charge is 0.573 e. The van der Waals surface area contributed by atoms with Gasteiger partial charge in [-0.25, -0.2) is 14.8 Å². The van der Waals surface area contributed by atoms with Crippen LogP contribution in [-0.2, 0) is 4.74 Å². The van der Waals surface area contributed by atoms with Crippen molar-refractivity contribution >= 4 is 5.97 Å². The van der Waals surface area contributed by atoms with E-state index in [0.717, 1.165) is 19.2 Å². The summed E-state index contributed by atoms with van der Waals surface area (Å²) < 4.78 is 45.0. The first-order valence-electron chi connectivity index (χ1n) is 5.64. The molecule has 1 aromatic heterocycles. The molecular formula is C13H9F3N2O3. The third-order valence-electron chi connectivity index (χ3n) is 2.50. The molecule has 0 fully saturated rings. The van der Waals surface area contributed by atoms with Crippen LogP contribution in [0.1, 0.15) is 10.4 Å². The predicted octanol–water partition coefficient (Wildman–Crippen LogP) is 2.83. The summed E-state index contributed by atoms with van der Waals surface area (Å²) >= 11 is 0. The first kappa shape index (κ1) is 14.8. The smallest absolute Gasteiger partial charge is 0.465 e. The number of carbonyl (C=O) groups is 1. The third-order valence-corrected chi connectivity index (χ3v) is 2.50. The predicted molar refractivity (Wildman–Crippen MR) is 65.5 cm³/mol. The first-order valence-corrected chi connectivity index (χ1v) is 5.64. The number of carbonyl (C=O) groups excluding carboxylic acids is 1. The number of esters is 1. The van der Waals surface area contributed by atoms with Crippen LogP contribution in [0, 0.1) is 0 Å². The van der Waals surface area contributed by atoms with Crippen LogP contribution in [0.2, 0.25) is 0 Å². The number of methoxy groups -OCH3 is 1. The van der Waals surface area contributed by atoms with E-state index in [1.54, 1.807) is 0 Å². The molecule has 0 atom stereocenters. The molecule has 0 aliphatic carbocycles. The molecule has 0 aliphatic rings. The molecule has 0 aliphatic heterocycles. The Balaban J connectivity index is 2.49. The van der Waals surface area contributed by atoms with Gasteiger partial charge in [-0.15, -0.1) is 13.2 Å². The van der Waals surface area contributed by atoms with Crippen LogP contribution in [0.25, 0.3) is 11.1 Å². The van der Waals surface area contributed by atoms with Crippen molar-refractivity contribution in [2.45, 2.75) is 6.36 Å². The summed E-state index contributed by atoms with van der Waals surface area (Å²) in [5.41, 5.74) is 0.738. The van der Waals surface area contributed by atoms with Gasteiger partial charge in [0.2, 0.25) is 0 Å². The highest BCUT2D eigenvalue weighted by molar-refractivity contribution is 5.97. The van der Waals surface area contributed by atoms with Gasteiger partial charge in [-0.05, 0) is 23.8 Å². The maximum atomic E-state index is 12.2. The van der Waals surface area contributed by atoms with E-state index < -0.39 is 18.1 Å². The molecule has 0 spiro atoms. The molecule has 2 rings (SSSR count). The molecule has 1 heterocycles. The van der Waals surface area contributed by atoms with Crippen LogP contribution in [0.15, 0.2) is 36.9 Å². The van der Waals surface area contributed by atoms with Crippen LogP contribution in [0.4, 0.5) is 13.2 Å². The first-order chi connectivity index (χ1) is 9.90. The Morgan fingerprint density at radius 1 is 1.19 bits per heavy atom. The third kappa shape index (κ3) is 3.68. The number of benzene rings is 1. The molecule has 0 saturated heterocycles. The fraction of sp³-hybridized carbons (Fsp3) is 0.154. The highest BCUT2D eigenvalue weighted by Gasteiger charge is 2.31. The fourth-order valence-electron chi connectivity index (χ4n) is 1.69. The van der Waals surface area contributed by atoms with Gasteiger partial charge in [0.05, 0.1) is 12.7 Å². The van der Waals surface area contributed by atoms with Crippen molar-refractivity contribution in [1.29, 1.82) is 0 Å². The van der Waals surface area contributed by atoms with Gasteiger partial charge in [-0.2, -0.15) is 0 Å². The van der Waals surface area contributed by atoms with Crippen molar-refractivity contribution in [1.82, 2.24) is 9.97 Å². The van der Waals surface area contributed by atoms with Crippen molar-refractivity contribution in [3.63, 3.8) is 0 Å². The Labute approximate surface area is 117 Å². The molecular weight excluding hydrogens is 289 g/mol. The van der Waals surface area contributed by atoms with Gasteiger partial charge >= 0.3 is 12.3 Å². The van der Waals surface area contributed by atoms with Crippen molar-refractivity contribution in [3.8, 4) is 16.9 Å². The quantitative estimate of drug-likeness (QED) is 0.815. The Morgan fingerprint density at radius 3 is 2.43 bits per heavy atom. The maximum Gasteiger partial charge on any atom is 0.573 e. The molecule has 1 aromatic carbocycles. The minimum atomic E-state index is -4.84. The average molecular weight is 298 g/mol. The number of hydrogen-bond donors (Lipinski definition) is 0. The highest BCUT2D eigenvalue weighted by Crippen LogP contribution is 2.30. The van der Waals surface area contributed by atoms with Gasteiger partial charge in [-0.1, -0.05) is 0 Å². The number of nitrogens with zero attached hydrogens (tertiary/aromatic N) is 2. The number of halogens is 3. The Morgan fingerprint density at radius 2 is 1.86 bits per heavy atom. The summed E-state index contributed by atoms with van der Waals surface area (Å²) in [5, 5.41) is 0. The molecule has 0 unspecified atom stereocenters. The van der Waals surface area contributed by atoms with E-state index >= 15 is 0 Å². The Hall–Kier alpha value is -2.64. The lowest BCUT2D eigenvalue weighted by molar-refractivity contribution is -0.274. The van der Waals surface area contributed by atoms with Crippen LogP contribution >= 0.6 is 0 Å². The molecule has 0 saturated carbocycles. The lowest BCUT2D eigenvalue weighted by Gasteiger charge is -2.12. The Kier molecular flexibility index (Phi) is 4.06. The van der Waals surface area contributed by atoms with Crippen LogP contribution in [-0.4, -0.2) is 29.4 Å². The zero-order valence-electron chi connectivity index (χ0n) is 10.7. The van der Waals surface area contributed by atoms with Crippen molar-refractivity contribution in [2.75, 3.05) is 7.11 Å². The Bertz CT molecular complexity index is 645. The summed E-state index contributed by atoms with van der Waals surface area (Å²) in [7, 11) is 1.13. The normalized spacial score (nSPS) is 11.0. The second kappa shape index (κ2) is 5.78. The number of hydrogen-bond acceptors (Lipinski definition) is 5. The second-order valence-corrected chi connectivity index (χ2v) is 3.87. The fourth-order valence-corrected chi connectivity index (χ4v) is 1.69. The second-order valence-electron chi connectivity index (χ2n) is 3.87. The standard InChI is InChI=1S/C13H9F3N2O3/c1-20-12(19)11-4-9(21-13(14,15)16)2-3-10(11)8-5-17-7-18-6-8/h2-7H,1H3. The average Bonchev–Trinajstić information content (AvgIpc) is 2.45. The molecule has 8 heteroatoms. The summed E-state index contributed by atoms with van der Waals surface area (Å²) in [4.78, 5) is 19.3. The van der Waals surface area contributed by atoms with E-state index in [0.29, 0.717) is 11.1 Å². The zero-order valence-corrected chi connectivity index (χ0v) is 10.7. The SMILES string of the molecule is COC(=O)c1cc(OC(F)(F)F)ccc1-c1cncnc1. The van der Waals surface area contributed by atoms with Crippen molar-refractivity contribution < 1.29 is 27.4 Å².